The van der Waals surface area contributed by atoms with E-state index in [1.165, 1.54) is 12.1 Å². The van der Waals surface area contributed by atoms with Gasteiger partial charge in [-0.1, -0.05) is 6.07 Å². The van der Waals surface area contributed by atoms with Crippen LogP contribution < -0.4 is 10.6 Å². The number of nitro groups is 1. The van der Waals surface area contributed by atoms with E-state index in [2.05, 4.69) is 10.6 Å². The maximum absolute atomic E-state index is 12.2. The first-order chi connectivity index (χ1) is 9.63. The molecule has 1 unspecified atom stereocenters. The summed E-state index contributed by atoms with van der Waals surface area (Å²) in [5.41, 5.74) is 0.486. The van der Waals surface area contributed by atoms with Gasteiger partial charge in [-0.2, -0.15) is 11.8 Å². The van der Waals surface area contributed by atoms with Crippen molar-refractivity contribution >= 4 is 29.0 Å². The van der Waals surface area contributed by atoms with E-state index in [-0.39, 0.29) is 17.3 Å². The smallest absolute Gasteiger partial charge is 0.293 e. The van der Waals surface area contributed by atoms with Crippen molar-refractivity contribution in [1.29, 1.82) is 0 Å². The molecule has 0 aromatic heterocycles. The van der Waals surface area contributed by atoms with E-state index in [4.69, 9.17) is 0 Å². The molecule has 1 amide bonds. The largest absolute Gasteiger partial charge is 0.382 e. The summed E-state index contributed by atoms with van der Waals surface area (Å²) in [4.78, 5) is 22.6. The predicted molar refractivity (Wildman–Crippen MR) is 80.4 cm³/mol. The van der Waals surface area contributed by atoms with Gasteiger partial charge < -0.3 is 10.6 Å². The summed E-state index contributed by atoms with van der Waals surface area (Å²) in [6.45, 7) is 0.623. The molecule has 1 aliphatic heterocycles. The summed E-state index contributed by atoms with van der Waals surface area (Å²) >= 11 is 1.89. The molecule has 1 aromatic rings. The Labute approximate surface area is 121 Å². The number of thioether (sulfide) groups is 1. The van der Waals surface area contributed by atoms with E-state index in [9.17, 15) is 14.9 Å². The lowest BCUT2D eigenvalue weighted by Gasteiger charge is -2.12. The van der Waals surface area contributed by atoms with Gasteiger partial charge in [-0.15, -0.1) is 0 Å². The Kier molecular flexibility index (Phi) is 4.84. The maximum atomic E-state index is 12.2. The molecule has 0 saturated carbocycles. The van der Waals surface area contributed by atoms with Gasteiger partial charge in [0.05, 0.1) is 10.5 Å². The number of amides is 1. The van der Waals surface area contributed by atoms with Gasteiger partial charge in [-0.25, -0.2) is 0 Å². The van der Waals surface area contributed by atoms with Gasteiger partial charge in [0, 0.05) is 19.7 Å². The highest BCUT2D eigenvalue weighted by Gasteiger charge is 2.22. The standard InChI is InChI=1S/C13H17N3O3S/c1-14-12-10(3-2-4-11(12)16(18)19)13(17)15-7-9-5-6-20-8-9/h2-4,9,14H,5-8H2,1H3,(H,15,17). The second-order valence-corrected chi connectivity index (χ2v) is 5.80. The molecule has 7 heteroatoms. The van der Waals surface area contributed by atoms with Crippen molar-refractivity contribution < 1.29 is 9.72 Å². The number of nitrogens with zero attached hydrogens (tertiary/aromatic N) is 1. The minimum absolute atomic E-state index is 0.0865. The number of nitro benzene ring substituents is 1. The van der Waals surface area contributed by atoms with E-state index in [1.54, 1.807) is 13.1 Å². The maximum Gasteiger partial charge on any atom is 0.293 e. The molecule has 6 nitrogen and oxygen atoms in total. The van der Waals surface area contributed by atoms with Crippen LogP contribution in [0, 0.1) is 16.0 Å². The molecule has 1 atom stereocenters. The topological polar surface area (TPSA) is 84.3 Å². The third-order valence-corrected chi connectivity index (χ3v) is 4.54. The summed E-state index contributed by atoms with van der Waals surface area (Å²) in [6, 6.07) is 4.51. The molecule has 0 bridgehead atoms. The van der Waals surface area contributed by atoms with E-state index >= 15 is 0 Å². The molecule has 1 fully saturated rings. The Bertz CT molecular complexity index is 516. The van der Waals surface area contributed by atoms with Crippen LogP contribution in [0.1, 0.15) is 16.8 Å². The number of benzene rings is 1. The van der Waals surface area contributed by atoms with Crippen LogP contribution in [-0.4, -0.2) is 35.9 Å². The monoisotopic (exact) mass is 295 g/mol. The Morgan fingerprint density at radius 2 is 2.35 bits per heavy atom. The summed E-state index contributed by atoms with van der Waals surface area (Å²) < 4.78 is 0. The van der Waals surface area contributed by atoms with Crippen LogP contribution in [0.5, 0.6) is 0 Å². The molecule has 0 spiro atoms. The Morgan fingerprint density at radius 1 is 1.55 bits per heavy atom. The number of para-hydroxylation sites is 1. The summed E-state index contributed by atoms with van der Waals surface area (Å²) in [5.74, 6) is 2.43. The van der Waals surface area contributed by atoms with Gasteiger partial charge in [-0.05, 0) is 29.9 Å². The van der Waals surface area contributed by atoms with Crippen molar-refractivity contribution in [3.05, 3.63) is 33.9 Å². The van der Waals surface area contributed by atoms with Crippen molar-refractivity contribution in [2.24, 2.45) is 5.92 Å². The van der Waals surface area contributed by atoms with Crippen molar-refractivity contribution in [3.63, 3.8) is 0 Å². The van der Waals surface area contributed by atoms with Gasteiger partial charge in [0.1, 0.15) is 5.69 Å². The van der Waals surface area contributed by atoms with Crippen molar-refractivity contribution in [1.82, 2.24) is 5.32 Å². The van der Waals surface area contributed by atoms with Gasteiger partial charge in [-0.3, -0.25) is 14.9 Å². The van der Waals surface area contributed by atoms with Crippen molar-refractivity contribution in [2.45, 2.75) is 6.42 Å². The summed E-state index contributed by atoms with van der Waals surface area (Å²) in [7, 11) is 1.58. The molecule has 0 aliphatic carbocycles. The first-order valence-electron chi connectivity index (χ1n) is 6.44. The molecule has 1 saturated heterocycles. The zero-order valence-corrected chi connectivity index (χ0v) is 12.0. The second kappa shape index (κ2) is 6.60. The first kappa shape index (κ1) is 14.6. The highest BCUT2D eigenvalue weighted by Crippen LogP contribution is 2.28. The number of carbonyl (C=O) groups is 1. The summed E-state index contributed by atoms with van der Waals surface area (Å²) in [5, 5.41) is 16.6. The van der Waals surface area contributed by atoms with Crippen LogP contribution in [0.4, 0.5) is 11.4 Å². The zero-order valence-electron chi connectivity index (χ0n) is 11.2. The summed E-state index contributed by atoms with van der Waals surface area (Å²) in [6.07, 6.45) is 1.11. The quantitative estimate of drug-likeness (QED) is 0.642. The minimum atomic E-state index is -0.490. The fourth-order valence-electron chi connectivity index (χ4n) is 2.22. The number of anilines is 1. The molecule has 108 valence electrons. The van der Waals surface area contributed by atoms with Gasteiger partial charge in [0.25, 0.3) is 11.6 Å². The Morgan fingerprint density at radius 3 is 2.95 bits per heavy atom. The average Bonchev–Trinajstić information content (AvgIpc) is 2.97. The van der Waals surface area contributed by atoms with Crippen LogP contribution in [0.15, 0.2) is 18.2 Å². The number of hydrogen-bond donors (Lipinski definition) is 2. The molecular formula is C13H17N3O3S. The van der Waals surface area contributed by atoms with Crippen LogP contribution in [0.3, 0.4) is 0 Å². The lowest BCUT2D eigenvalue weighted by molar-refractivity contribution is -0.384. The SMILES string of the molecule is CNc1c(C(=O)NCC2CCSC2)cccc1[N+](=O)[O-]. The molecule has 1 aliphatic rings. The van der Waals surface area contributed by atoms with E-state index in [1.807, 2.05) is 11.8 Å². The third kappa shape index (κ3) is 3.22. The van der Waals surface area contributed by atoms with Gasteiger partial charge >= 0.3 is 0 Å². The molecule has 0 radical (unpaired) electrons. The third-order valence-electron chi connectivity index (χ3n) is 3.31. The number of nitrogens with one attached hydrogen (secondary N) is 2. The lowest BCUT2D eigenvalue weighted by atomic mass is 10.1. The van der Waals surface area contributed by atoms with E-state index in [0.717, 1.165) is 17.9 Å². The predicted octanol–water partition coefficient (Wildman–Crippen LogP) is 2.12. The first-order valence-corrected chi connectivity index (χ1v) is 7.60. The van der Waals surface area contributed by atoms with E-state index < -0.39 is 4.92 Å². The number of hydrogen-bond acceptors (Lipinski definition) is 5. The lowest BCUT2D eigenvalue weighted by Crippen LogP contribution is -2.29. The molecule has 1 heterocycles. The second-order valence-electron chi connectivity index (χ2n) is 4.65. The fraction of sp³-hybridized carbons (Fsp3) is 0.462. The van der Waals surface area contributed by atoms with Crippen LogP contribution in [0.2, 0.25) is 0 Å². The van der Waals surface area contributed by atoms with Gasteiger partial charge in [0.15, 0.2) is 0 Å². The minimum Gasteiger partial charge on any atom is -0.382 e. The number of carbonyl (C=O) groups excluding carboxylic acids is 1. The molecule has 2 rings (SSSR count). The molecule has 20 heavy (non-hydrogen) atoms. The molecular weight excluding hydrogens is 278 g/mol. The van der Waals surface area contributed by atoms with Gasteiger partial charge in [0.2, 0.25) is 0 Å². The van der Waals surface area contributed by atoms with Crippen LogP contribution in [0.25, 0.3) is 0 Å². The highest BCUT2D eigenvalue weighted by molar-refractivity contribution is 7.99. The van der Waals surface area contributed by atoms with E-state index in [0.29, 0.717) is 18.0 Å². The number of rotatable bonds is 5. The zero-order chi connectivity index (χ0) is 14.5. The average molecular weight is 295 g/mol. The van der Waals surface area contributed by atoms with Crippen molar-refractivity contribution in [3.8, 4) is 0 Å². The molecule has 1 aromatic carbocycles. The normalized spacial score (nSPS) is 17.8. The Hall–Kier alpha value is -1.76. The molecule has 2 N–H and O–H groups in total. The van der Waals surface area contributed by atoms with Crippen LogP contribution in [-0.2, 0) is 0 Å². The van der Waals surface area contributed by atoms with Crippen molar-refractivity contribution in [2.75, 3.05) is 30.4 Å². The fourth-order valence-corrected chi connectivity index (χ4v) is 3.51. The van der Waals surface area contributed by atoms with Crippen LogP contribution >= 0.6 is 11.8 Å². The highest BCUT2D eigenvalue weighted by atomic mass is 32.2. The Balaban J connectivity index is 2.12.